The molecule has 0 saturated heterocycles. The Morgan fingerprint density at radius 1 is 1.73 bits per heavy atom. The highest BCUT2D eigenvalue weighted by molar-refractivity contribution is 5.90. The summed E-state index contributed by atoms with van der Waals surface area (Å²) < 4.78 is 1.74. The fourth-order valence-corrected chi connectivity index (χ4v) is 1.16. The van der Waals surface area contributed by atoms with Crippen LogP contribution >= 0.6 is 0 Å². The monoisotopic (exact) mass is 211 g/mol. The number of nitrogens with zero attached hydrogens (tertiary/aromatic N) is 2. The first-order chi connectivity index (χ1) is 7.11. The number of aryl methyl sites for hydroxylation is 1. The van der Waals surface area contributed by atoms with Crippen LogP contribution in [0.5, 0.6) is 0 Å². The molecule has 1 aromatic rings. The summed E-state index contributed by atoms with van der Waals surface area (Å²) >= 11 is 0. The van der Waals surface area contributed by atoms with Crippen molar-refractivity contribution in [3.63, 3.8) is 0 Å². The number of aliphatic hydroxyl groups is 1. The molecule has 0 bridgehead atoms. The lowest BCUT2D eigenvalue weighted by Gasteiger charge is -2.03. The highest BCUT2D eigenvalue weighted by atomic mass is 16.3. The molecule has 1 amide bonds. The van der Waals surface area contributed by atoms with Gasteiger partial charge in [-0.05, 0) is 20.3 Å². The number of hydrogen-bond donors (Lipinski definition) is 2. The second-order valence-corrected chi connectivity index (χ2v) is 3.52. The third-order valence-electron chi connectivity index (χ3n) is 2.03. The van der Waals surface area contributed by atoms with E-state index in [0.717, 1.165) is 6.54 Å². The molecule has 1 unspecified atom stereocenters. The van der Waals surface area contributed by atoms with Gasteiger partial charge in [-0.1, -0.05) is 0 Å². The van der Waals surface area contributed by atoms with Crippen molar-refractivity contribution < 1.29 is 9.90 Å². The fourth-order valence-electron chi connectivity index (χ4n) is 1.16. The van der Waals surface area contributed by atoms with Gasteiger partial charge in [0.1, 0.15) is 0 Å². The summed E-state index contributed by atoms with van der Waals surface area (Å²) in [4.78, 5) is 11.4. The van der Waals surface area contributed by atoms with E-state index in [1.807, 2.05) is 6.92 Å². The predicted octanol–water partition coefficient (Wildman–Crippen LogP) is 1.00. The van der Waals surface area contributed by atoms with E-state index in [0.29, 0.717) is 18.5 Å². The van der Waals surface area contributed by atoms with Gasteiger partial charge < -0.3 is 10.4 Å². The average Bonchev–Trinajstić information content (AvgIpc) is 2.62. The van der Waals surface area contributed by atoms with Gasteiger partial charge in [-0.15, -0.1) is 0 Å². The zero-order valence-electron chi connectivity index (χ0n) is 9.10. The number of anilines is 1. The predicted molar refractivity (Wildman–Crippen MR) is 57.4 cm³/mol. The maximum Gasteiger partial charge on any atom is 0.224 e. The van der Waals surface area contributed by atoms with Gasteiger partial charge in [0.25, 0.3) is 0 Å². The van der Waals surface area contributed by atoms with E-state index in [9.17, 15) is 4.79 Å². The normalized spacial score (nSPS) is 12.5. The first-order valence-corrected chi connectivity index (χ1v) is 5.12. The molecule has 5 nitrogen and oxygen atoms in total. The summed E-state index contributed by atoms with van der Waals surface area (Å²) in [5, 5.41) is 15.8. The number of rotatable bonds is 5. The standard InChI is InChI=1S/C10H17N3O2/c1-3-13-7-9(6-11-13)12-10(15)5-4-8(2)14/h6-8,14H,3-5H2,1-2H3,(H,12,15). The quantitative estimate of drug-likeness (QED) is 0.763. The van der Waals surface area contributed by atoms with Gasteiger partial charge in [0.05, 0.1) is 18.0 Å². The summed E-state index contributed by atoms with van der Waals surface area (Å²) in [7, 11) is 0. The Labute approximate surface area is 89.1 Å². The fraction of sp³-hybridized carbons (Fsp3) is 0.600. The Balaban J connectivity index is 2.37. The Morgan fingerprint density at radius 3 is 3.00 bits per heavy atom. The van der Waals surface area contributed by atoms with Gasteiger partial charge in [-0.2, -0.15) is 5.10 Å². The van der Waals surface area contributed by atoms with Crippen molar-refractivity contribution in [3.8, 4) is 0 Å². The van der Waals surface area contributed by atoms with E-state index < -0.39 is 6.10 Å². The molecule has 5 heteroatoms. The lowest BCUT2D eigenvalue weighted by atomic mass is 10.2. The van der Waals surface area contributed by atoms with Gasteiger partial charge in [0.15, 0.2) is 0 Å². The number of carbonyl (C=O) groups is 1. The van der Waals surface area contributed by atoms with Crippen molar-refractivity contribution in [2.24, 2.45) is 0 Å². The number of aliphatic hydroxyl groups excluding tert-OH is 1. The van der Waals surface area contributed by atoms with E-state index in [2.05, 4.69) is 10.4 Å². The minimum atomic E-state index is -0.436. The summed E-state index contributed by atoms with van der Waals surface area (Å²) in [5.74, 6) is -0.0912. The number of carbonyl (C=O) groups excluding carboxylic acids is 1. The highest BCUT2D eigenvalue weighted by Gasteiger charge is 2.05. The van der Waals surface area contributed by atoms with Gasteiger partial charge >= 0.3 is 0 Å². The molecular formula is C10H17N3O2. The van der Waals surface area contributed by atoms with Crippen molar-refractivity contribution >= 4 is 11.6 Å². The SMILES string of the molecule is CCn1cc(NC(=O)CCC(C)O)cn1. The van der Waals surface area contributed by atoms with Gasteiger partial charge in [0, 0.05) is 19.2 Å². The van der Waals surface area contributed by atoms with Crippen molar-refractivity contribution in [1.82, 2.24) is 9.78 Å². The Hall–Kier alpha value is -1.36. The molecule has 0 aliphatic heterocycles. The van der Waals surface area contributed by atoms with Crippen LogP contribution in [-0.2, 0) is 11.3 Å². The maximum absolute atomic E-state index is 11.4. The molecule has 0 spiro atoms. The van der Waals surface area contributed by atoms with E-state index >= 15 is 0 Å². The largest absolute Gasteiger partial charge is 0.393 e. The number of hydrogen-bond acceptors (Lipinski definition) is 3. The van der Waals surface area contributed by atoms with Crippen LogP contribution in [-0.4, -0.2) is 26.9 Å². The highest BCUT2D eigenvalue weighted by Crippen LogP contribution is 2.06. The Bertz CT molecular complexity index is 320. The first kappa shape index (κ1) is 11.7. The van der Waals surface area contributed by atoms with E-state index in [1.54, 1.807) is 24.0 Å². The molecule has 15 heavy (non-hydrogen) atoms. The number of aromatic nitrogens is 2. The second-order valence-electron chi connectivity index (χ2n) is 3.52. The van der Waals surface area contributed by atoms with Gasteiger partial charge in [-0.3, -0.25) is 9.48 Å². The number of nitrogens with one attached hydrogen (secondary N) is 1. The molecule has 2 N–H and O–H groups in total. The lowest BCUT2D eigenvalue weighted by Crippen LogP contribution is -2.13. The van der Waals surface area contributed by atoms with Crippen molar-refractivity contribution in [1.29, 1.82) is 0 Å². The molecule has 1 heterocycles. The minimum Gasteiger partial charge on any atom is -0.393 e. The topological polar surface area (TPSA) is 67.2 Å². The van der Waals surface area contributed by atoms with Crippen molar-refractivity contribution in [3.05, 3.63) is 12.4 Å². The van der Waals surface area contributed by atoms with Gasteiger partial charge in [0.2, 0.25) is 5.91 Å². The van der Waals surface area contributed by atoms with Crippen LogP contribution in [0.3, 0.4) is 0 Å². The zero-order chi connectivity index (χ0) is 11.3. The van der Waals surface area contributed by atoms with Crippen LogP contribution in [0.25, 0.3) is 0 Å². The van der Waals surface area contributed by atoms with Crippen molar-refractivity contribution in [2.45, 2.75) is 39.3 Å². The minimum absolute atomic E-state index is 0.0912. The molecule has 0 aliphatic rings. The Morgan fingerprint density at radius 2 is 2.47 bits per heavy atom. The van der Waals surface area contributed by atoms with E-state index in [1.165, 1.54) is 0 Å². The van der Waals surface area contributed by atoms with Gasteiger partial charge in [-0.25, -0.2) is 0 Å². The molecule has 0 saturated carbocycles. The molecule has 1 aromatic heterocycles. The third-order valence-corrected chi connectivity index (χ3v) is 2.03. The molecule has 84 valence electrons. The smallest absolute Gasteiger partial charge is 0.224 e. The van der Waals surface area contributed by atoms with E-state index in [4.69, 9.17) is 5.11 Å². The second kappa shape index (κ2) is 5.50. The maximum atomic E-state index is 11.4. The van der Waals surface area contributed by atoms with Crippen LogP contribution in [0.4, 0.5) is 5.69 Å². The summed E-state index contributed by atoms with van der Waals surface area (Å²) in [6, 6.07) is 0. The molecule has 0 fully saturated rings. The molecule has 0 radical (unpaired) electrons. The summed E-state index contributed by atoms with van der Waals surface area (Å²) in [6.45, 7) is 4.43. The molecular weight excluding hydrogens is 194 g/mol. The van der Waals surface area contributed by atoms with Crippen LogP contribution in [0.2, 0.25) is 0 Å². The molecule has 1 atom stereocenters. The third kappa shape index (κ3) is 4.12. The number of amides is 1. The molecule has 0 aromatic carbocycles. The van der Waals surface area contributed by atoms with Crippen molar-refractivity contribution in [2.75, 3.05) is 5.32 Å². The average molecular weight is 211 g/mol. The molecule has 0 aliphatic carbocycles. The molecule has 1 rings (SSSR count). The van der Waals surface area contributed by atoms with Crippen LogP contribution in [0, 0.1) is 0 Å². The van der Waals surface area contributed by atoms with Crippen LogP contribution in [0.15, 0.2) is 12.4 Å². The van der Waals surface area contributed by atoms with Crippen LogP contribution in [0.1, 0.15) is 26.7 Å². The van der Waals surface area contributed by atoms with E-state index in [-0.39, 0.29) is 5.91 Å². The lowest BCUT2D eigenvalue weighted by molar-refractivity contribution is -0.116. The summed E-state index contributed by atoms with van der Waals surface area (Å²) in [6.07, 6.45) is 3.77. The Kier molecular flexibility index (Phi) is 4.30. The first-order valence-electron chi connectivity index (χ1n) is 5.12. The zero-order valence-corrected chi connectivity index (χ0v) is 9.10. The summed E-state index contributed by atoms with van der Waals surface area (Å²) in [5.41, 5.74) is 0.701. The van der Waals surface area contributed by atoms with Crippen LogP contribution < -0.4 is 5.32 Å².